The Kier molecular flexibility index (Phi) is 6.77. The van der Waals surface area contributed by atoms with E-state index < -0.39 is 0 Å². The van der Waals surface area contributed by atoms with E-state index in [2.05, 4.69) is 34.0 Å². The van der Waals surface area contributed by atoms with Gasteiger partial charge in [-0.25, -0.2) is 0 Å². The molecular weight excluding hydrogens is 366 g/mol. The highest BCUT2D eigenvalue weighted by Crippen LogP contribution is 2.19. The number of hydrogen-bond donors (Lipinski definition) is 2. The second-order valence-corrected chi connectivity index (χ2v) is 7.78. The summed E-state index contributed by atoms with van der Waals surface area (Å²) in [7, 11) is 0. The maximum atomic E-state index is 13.3. The number of nitrogens with zero attached hydrogens (tertiary/aromatic N) is 5. The molecule has 0 spiro atoms. The van der Waals surface area contributed by atoms with Crippen LogP contribution in [0.25, 0.3) is 0 Å². The summed E-state index contributed by atoms with van der Waals surface area (Å²) < 4.78 is 0. The third-order valence-electron chi connectivity index (χ3n) is 5.05. The summed E-state index contributed by atoms with van der Waals surface area (Å²) in [5.74, 6) is 6.02. The van der Waals surface area contributed by atoms with Gasteiger partial charge < -0.3 is 16.5 Å². The van der Waals surface area contributed by atoms with E-state index >= 15 is 0 Å². The van der Waals surface area contributed by atoms with Gasteiger partial charge in [0.25, 0.3) is 5.91 Å². The number of hydrazone groups is 1. The van der Waals surface area contributed by atoms with E-state index in [1.165, 1.54) is 0 Å². The van der Waals surface area contributed by atoms with Crippen LogP contribution in [0.5, 0.6) is 0 Å². The Morgan fingerprint density at radius 3 is 2.55 bits per heavy atom. The molecule has 1 fully saturated rings. The lowest BCUT2D eigenvalue weighted by Gasteiger charge is -2.34. The van der Waals surface area contributed by atoms with Crippen LogP contribution >= 0.6 is 0 Å². The molecule has 1 aromatic carbocycles. The Hall–Kier alpha value is -3.00. The Balaban J connectivity index is 1.72. The number of carbonyl (C=O) groups excluding carboxylic acids is 1. The van der Waals surface area contributed by atoms with E-state index in [1.54, 1.807) is 6.20 Å². The molecule has 0 saturated carbocycles. The number of rotatable bonds is 6. The van der Waals surface area contributed by atoms with E-state index in [0.29, 0.717) is 30.1 Å². The normalized spacial score (nSPS) is 15.7. The first-order chi connectivity index (χ1) is 14.0. The lowest BCUT2D eigenvalue weighted by atomic mass is 9.96. The lowest BCUT2D eigenvalue weighted by molar-refractivity contribution is 0.0626. The van der Waals surface area contributed by atoms with E-state index in [-0.39, 0.29) is 11.7 Å². The van der Waals surface area contributed by atoms with Gasteiger partial charge in [-0.05, 0) is 36.1 Å². The zero-order valence-corrected chi connectivity index (χ0v) is 17.1. The highest BCUT2D eigenvalue weighted by Gasteiger charge is 2.25. The van der Waals surface area contributed by atoms with Gasteiger partial charge in [-0.3, -0.25) is 9.69 Å². The third kappa shape index (κ3) is 5.29. The van der Waals surface area contributed by atoms with Gasteiger partial charge in [0.2, 0.25) is 0 Å². The van der Waals surface area contributed by atoms with Crippen LogP contribution in [0.2, 0.25) is 0 Å². The van der Waals surface area contributed by atoms with Crippen molar-refractivity contribution in [2.75, 3.05) is 26.2 Å². The third-order valence-corrected chi connectivity index (χ3v) is 5.05. The monoisotopic (exact) mass is 395 g/mol. The Morgan fingerprint density at radius 2 is 1.93 bits per heavy atom. The van der Waals surface area contributed by atoms with Crippen molar-refractivity contribution in [3.63, 3.8) is 0 Å². The van der Waals surface area contributed by atoms with Crippen LogP contribution in [0.3, 0.4) is 0 Å². The number of hydrogen-bond acceptors (Lipinski definition) is 6. The minimum atomic E-state index is -0.0311. The summed E-state index contributed by atoms with van der Waals surface area (Å²) in [5, 5.41) is 11.7. The lowest BCUT2D eigenvalue weighted by Crippen LogP contribution is -2.48. The van der Waals surface area contributed by atoms with Crippen molar-refractivity contribution in [2.24, 2.45) is 22.6 Å². The molecule has 0 radical (unpaired) electrons. The van der Waals surface area contributed by atoms with Crippen molar-refractivity contribution in [3.05, 3.63) is 58.9 Å². The van der Waals surface area contributed by atoms with Crippen molar-refractivity contribution in [3.8, 4) is 0 Å². The van der Waals surface area contributed by atoms with Crippen molar-refractivity contribution in [1.82, 2.24) is 20.0 Å². The molecule has 1 amide bonds. The van der Waals surface area contributed by atoms with Gasteiger partial charge in [-0.1, -0.05) is 26.0 Å². The highest BCUT2D eigenvalue weighted by atomic mass is 16.2. The first-order valence-electron chi connectivity index (χ1n) is 9.92. The predicted molar refractivity (Wildman–Crippen MR) is 113 cm³/mol. The highest BCUT2D eigenvalue weighted by molar-refractivity contribution is 6.08. The van der Waals surface area contributed by atoms with Crippen LogP contribution in [-0.2, 0) is 13.0 Å². The van der Waals surface area contributed by atoms with Crippen LogP contribution in [0.4, 0.5) is 0 Å². The summed E-state index contributed by atoms with van der Waals surface area (Å²) in [4.78, 5) is 17.4. The molecule has 1 aliphatic rings. The second-order valence-electron chi connectivity index (χ2n) is 7.78. The largest absolute Gasteiger partial charge is 0.382 e. The summed E-state index contributed by atoms with van der Waals surface area (Å²) >= 11 is 0. The van der Waals surface area contributed by atoms with Gasteiger partial charge in [0, 0.05) is 44.5 Å². The second kappa shape index (κ2) is 9.47. The van der Waals surface area contributed by atoms with Gasteiger partial charge >= 0.3 is 0 Å². The molecule has 0 bridgehead atoms. The van der Waals surface area contributed by atoms with Crippen LogP contribution in [-0.4, -0.2) is 57.9 Å². The average molecular weight is 396 g/mol. The first-order valence-corrected chi connectivity index (χ1v) is 9.92. The SMILES string of the molecule is CC(C)Cc1ccc(/C(N)=N/N)c(C(=O)N2CCN(Cc3cccnn3)CC2)c1. The van der Waals surface area contributed by atoms with Crippen molar-refractivity contribution >= 4 is 11.7 Å². The molecular formula is C21H29N7O. The number of nitrogens with two attached hydrogens (primary N) is 2. The van der Waals surface area contributed by atoms with Crippen molar-refractivity contribution < 1.29 is 4.79 Å². The zero-order chi connectivity index (χ0) is 20.8. The van der Waals surface area contributed by atoms with E-state index in [4.69, 9.17) is 11.6 Å². The zero-order valence-electron chi connectivity index (χ0n) is 17.1. The molecule has 8 heteroatoms. The molecule has 2 heterocycles. The fourth-order valence-electron chi connectivity index (χ4n) is 3.59. The molecule has 1 saturated heterocycles. The maximum absolute atomic E-state index is 13.3. The number of carbonyl (C=O) groups is 1. The van der Waals surface area contributed by atoms with Crippen LogP contribution < -0.4 is 11.6 Å². The summed E-state index contributed by atoms with van der Waals surface area (Å²) in [6, 6.07) is 9.62. The molecule has 154 valence electrons. The fraction of sp³-hybridized carbons (Fsp3) is 0.429. The number of piperazine rings is 1. The molecule has 0 atom stereocenters. The van der Waals surface area contributed by atoms with Gasteiger partial charge in [0.1, 0.15) is 0 Å². The Bertz CT molecular complexity index is 859. The number of amidine groups is 1. The number of amides is 1. The van der Waals surface area contributed by atoms with Crippen molar-refractivity contribution in [1.29, 1.82) is 0 Å². The van der Waals surface area contributed by atoms with Gasteiger partial charge in [0.05, 0.1) is 11.3 Å². The van der Waals surface area contributed by atoms with Gasteiger partial charge in [-0.15, -0.1) is 0 Å². The first kappa shape index (κ1) is 20.7. The molecule has 0 unspecified atom stereocenters. The van der Waals surface area contributed by atoms with Gasteiger partial charge in [0.15, 0.2) is 5.84 Å². The molecule has 1 aliphatic heterocycles. The molecule has 0 aliphatic carbocycles. The summed E-state index contributed by atoms with van der Waals surface area (Å²) in [6.07, 6.45) is 2.56. The summed E-state index contributed by atoms with van der Waals surface area (Å²) in [5.41, 5.74) is 9.15. The molecule has 29 heavy (non-hydrogen) atoms. The number of benzene rings is 1. The van der Waals surface area contributed by atoms with Crippen LogP contribution in [0, 0.1) is 5.92 Å². The molecule has 1 aromatic heterocycles. The number of aromatic nitrogens is 2. The molecule has 4 N–H and O–H groups in total. The Labute approximate surface area is 171 Å². The quantitative estimate of drug-likeness (QED) is 0.329. The van der Waals surface area contributed by atoms with Crippen LogP contribution in [0.15, 0.2) is 41.6 Å². The Morgan fingerprint density at radius 1 is 1.17 bits per heavy atom. The standard InChI is InChI=1S/C21H29N7O/c1-15(2)12-16-5-6-18(20(22)25-23)19(13-16)21(29)28-10-8-27(9-11-28)14-17-4-3-7-24-26-17/h3-7,13,15H,8-12,14,23H2,1-2H3,(H2,22,25). The maximum Gasteiger partial charge on any atom is 0.254 e. The minimum absolute atomic E-state index is 0.0311. The van der Waals surface area contributed by atoms with Crippen molar-refractivity contribution in [2.45, 2.75) is 26.8 Å². The summed E-state index contributed by atoms with van der Waals surface area (Å²) in [6.45, 7) is 7.90. The molecule has 8 nitrogen and oxygen atoms in total. The fourth-order valence-corrected chi connectivity index (χ4v) is 3.59. The topological polar surface area (TPSA) is 114 Å². The predicted octanol–water partition coefficient (Wildman–Crippen LogP) is 1.21. The van der Waals surface area contributed by atoms with E-state index in [9.17, 15) is 4.79 Å². The van der Waals surface area contributed by atoms with E-state index in [0.717, 1.165) is 37.3 Å². The van der Waals surface area contributed by atoms with E-state index in [1.807, 2.05) is 35.2 Å². The van der Waals surface area contributed by atoms with Gasteiger partial charge in [-0.2, -0.15) is 15.3 Å². The molecule has 2 aromatic rings. The van der Waals surface area contributed by atoms with Crippen LogP contribution in [0.1, 0.15) is 41.0 Å². The minimum Gasteiger partial charge on any atom is -0.382 e. The molecule has 3 rings (SSSR count). The average Bonchev–Trinajstić information content (AvgIpc) is 2.73. The smallest absolute Gasteiger partial charge is 0.254 e.